The molecule has 0 radical (unpaired) electrons. The van der Waals surface area contributed by atoms with E-state index in [9.17, 15) is 4.79 Å². The molecular weight excluding hydrogens is 416 g/mol. The molecule has 2 aliphatic heterocycles. The van der Waals surface area contributed by atoms with E-state index in [2.05, 4.69) is 44.0 Å². The Morgan fingerprint density at radius 3 is 2.65 bits per heavy atom. The molecule has 2 N–H and O–H groups in total. The lowest BCUT2D eigenvalue weighted by Crippen LogP contribution is -2.46. The van der Waals surface area contributed by atoms with Gasteiger partial charge in [-0.3, -0.25) is 9.80 Å². The molecule has 4 rings (SSSR count). The van der Waals surface area contributed by atoms with Gasteiger partial charge < -0.3 is 20.4 Å². The average Bonchev–Trinajstić information content (AvgIpc) is 2.77. The second kappa shape index (κ2) is 8.60. The minimum Gasteiger partial charge on any atom is -0.375 e. The molecule has 0 atom stereocenters. The predicted molar refractivity (Wildman–Crippen MR) is 124 cm³/mol. The summed E-state index contributed by atoms with van der Waals surface area (Å²) >= 11 is 6.38. The number of anilines is 4. The van der Waals surface area contributed by atoms with Crippen molar-refractivity contribution in [2.45, 2.75) is 6.54 Å². The summed E-state index contributed by atoms with van der Waals surface area (Å²) in [7, 11) is 5.62. The van der Waals surface area contributed by atoms with Crippen LogP contribution in [0.3, 0.4) is 0 Å². The zero-order valence-electron chi connectivity index (χ0n) is 18.0. The van der Waals surface area contributed by atoms with Gasteiger partial charge in [-0.05, 0) is 30.8 Å². The Balaban J connectivity index is 1.57. The largest absolute Gasteiger partial charge is 0.375 e. The summed E-state index contributed by atoms with van der Waals surface area (Å²) < 4.78 is 0. The number of amides is 2. The molecule has 164 valence electrons. The lowest BCUT2D eigenvalue weighted by Gasteiger charge is -2.35. The number of rotatable bonds is 5. The van der Waals surface area contributed by atoms with E-state index in [-0.39, 0.29) is 6.03 Å². The van der Waals surface area contributed by atoms with Gasteiger partial charge in [0, 0.05) is 46.0 Å². The Morgan fingerprint density at radius 1 is 1.19 bits per heavy atom. The van der Waals surface area contributed by atoms with E-state index >= 15 is 0 Å². The number of nitrogens with one attached hydrogen (secondary N) is 2. The Bertz CT molecular complexity index is 1000. The molecule has 0 saturated carbocycles. The molecule has 1 saturated heterocycles. The van der Waals surface area contributed by atoms with Gasteiger partial charge in [-0.2, -0.15) is 4.98 Å². The summed E-state index contributed by atoms with van der Waals surface area (Å²) in [6.45, 7) is 8.05. The lowest BCUT2D eigenvalue weighted by atomic mass is 10.1. The molecule has 9 nitrogen and oxygen atoms in total. The fourth-order valence-corrected chi connectivity index (χ4v) is 3.86. The molecule has 0 spiro atoms. The molecule has 1 aromatic heterocycles. The van der Waals surface area contributed by atoms with Crippen LogP contribution in [-0.2, 0) is 6.54 Å². The van der Waals surface area contributed by atoms with E-state index in [0.717, 1.165) is 43.1 Å². The van der Waals surface area contributed by atoms with Gasteiger partial charge in [0.25, 0.3) is 0 Å². The maximum atomic E-state index is 12.6. The highest BCUT2D eigenvalue weighted by molar-refractivity contribution is 6.32. The first kappa shape index (κ1) is 21.2. The van der Waals surface area contributed by atoms with Crippen molar-refractivity contribution in [3.8, 4) is 0 Å². The highest BCUT2D eigenvalue weighted by Gasteiger charge is 2.29. The first-order chi connectivity index (χ1) is 14.9. The van der Waals surface area contributed by atoms with Crippen molar-refractivity contribution in [1.82, 2.24) is 25.1 Å². The standard InChI is InChI=1S/C21H27ClN8O/c1-14(23-2)30-13-15-11-16(5-6-18(15)28(4)21(30)31)25-19-17(22)12-24-20(26-19)29-9-7-27(3)8-10-29/h5-6,11-12,23H,1,7-10,13H2,2-4H3,(H,24,25,26). The van der Waals surface area contributed by atoms with Gasteiger partial charge in [-0.15, -0.1) is 0 Å². The third-order valence-corrected chi connectivity index (χ3v) is 5.96. The zero-order chi connectivity index (χ0) is 22.1. The first-order valence-corrected chi connectivity index (χ1v) is 10.5. The summed E-state index contributed by atoms with van der Waals surface area (Å²) in [4.78, 5) is 29.4. The maximum absolute atomic E-state index is 12.6. The molecule has 0 aliphatic carbocycles. The fourth-order valence-electron chi connectivity index (χ4n) is 3.73. The van der Waals surface area contributed by atoms with Gasteiger partial charge in [0.2, 0.25) is 5.95 Å². The zero-order valence-corrected chi connectivity index (χ0v) is 18.8. The van der Waals surface area contributed by atoms with Crippen molar-refractivity contribution in [1.29, 1.82) is 0 Å². The lowest BCUT2D eigenvalue weighted by molar-refractivity contribution is 0.212. The number of benzene rings is 1. The highest BCUT2D eigenvalue weighted by atomic mass is 35.5. The van der Waals surface area contributed by atoms with Gasteiger partial charge in [0.1, 0.15) is 10.8 Å². The number of hydrogen-bond acceptors (Lipinski definition) is 7. The summed E-state index contributed by atoms with van der Waals surface area (Å²) in [5.41, 5.74) is 2.69. The van der Waals surface area contributed by atoms with Gasteiger partial charge in [0.15, 0.2) is 5.82 Å². The number of hydrogen-bond donors (Lipinski definition) is 2. The number of carbonyl (C=O) groups is 1. The van der Waals surface area contributed by atoms with E-state index in [4.69, 9.17) is 11.6 Å². The number of halogens is 1. The molecule has 2 aromatic rings. The highest BCUT2D eigenvalue weighted by Crippen LogP contribution is 2.33. The smallest absolute Gasteiger partial charge is 0.330 e. The summed E-state index contributed by atoms with van der Waals surface area (Å²) in [5.74, 6) is 1.78. The Kier molecular flexibility index (Phi) is 5.88. The van der Waals surface area contributed by atoms with Crippen LogP contribution in [0.15, 0.2) is 36.8 Å². The number of nitrogens with zero attached hydrogens (tertiary/aromatic N) is 6. The monoisotopic (exact) mass is 442 g/mol. The van der Waals surface area contributed by atoms with Crippen molar-refractivity contribution in [3.63, 3.8) is 0 Å². The number of aromatic nitrogens is 2. The molecule has 0 unspecified atom stereocenters. The molecule has 2 aliphatic rings. The quantitative estimate of drug-likeness (QED) is 0.736. The number of fused-ring (bicyclic) bond motifs is 1. The third kappa shape index (κ3) is 4.24. The minimum atomic E-state index is -0.122. The molecule has 3 heterocycles. The van der Waals surface area contributed by atoms with Crippen molar-refractivity contribution in [3.05, 3.63) is 47.4 Å². The molecule has 0 bridgehead atoms. The normalized spacial score (nSPS) is 16.9. The van der Waals surface area contributed by atoms with Crippen LogP contribution in [0.2, 0.25) is 5.02 Å². The molecule has 1 fully saturated rings. The van der Waals surface area contributed by atoms with Crippen LogP contribution in [0.4, 0.5) is 27.9 Å². The second-order valence-corrected chi connectivity index (χ2v) is 8.16. The van der Waals surface area contributed by atoms with Crippen molar-refractivity contribution in [2.75, 3.05) is 62.4 Å². The summed E-state index contributed by atoms with van der Waals surface area (Å²) in [6, 6.07) is 5.72. The Morgan fingerprint density at radius 2 is 1.94 bits per heavy atom. The van der Waals surface area contributed by atoms with E-state index in [1.807, 2.05) is 18.2 Å². The number of likely N-dealkylation sites (N-methyl/N-ethyl adjacent to an activating group) is 1. The van der Waals surface area contributed by atoms with Crippen molar-refractivity contribution < 1.29 is 4.79 Å². The van der Waals surface area contributed by atoms with Crippen LogP contribution in [0.25, 0.3) is 0 Å². The third-order valence-electron chi connectivity index (χ3n) is 5.68. The summed E-state index contributed by atoms with van der Waals surface area (Å²) in [5, 5.41) is 6.71. The van der Waals surface area contributed by atoms with E-state index in [1.165, 1.54) is 0 Å². The van der Waals surface area contributed by atoms with E-state index < -0.39 is 0 Å². The van der Waals surface area contributed by atoms with Crippen molar-refractivity contribution in [2.24, 2.45) is 0 Å². The van der Waals surface area contributed by atoms with Gasteiger partial charge in [-0.1, -0.05) is 18.2 Å². The van der Waals surface area contributed by atoms with Gasteiger partial charge >= 0.3 is 6.03 Å². The van der Waals surface area contributed by atoms with Crippen LogP contribution in [0.1, 0.15) is 5.56 Å². The van der Waals surface area contributed by atoms with Crippen LogP contribution < -0.4 is 20.4 Å². The van der Waals surface area contributed by atoms with Crippen LogP contribution in [0, 0.1) is 0 Å². The number of carbonyl (C=O) groups excluding carboxylic acids is 1. The molecule has 31 heavy (non-hydrogen) atoms. The van der Waals surface area contributed by atoms with E-state index in [0.29, 0.717) is 29.2 Å². The van der Waals surface area contributed by atoms with Gasteiger partial charge in [0.05, 0.1) is 18.4 Å². The SMILES string of the molecule is C=C(NC)N1Cc2cc(Nc3nc(N4CCN(C)CC4)ncc3Cl)ccc2N(C)C1=O. The van der Waals surface area contributed by atoms with Gasteiger partial charge in [-0.25, -0.2) is 9.78 Å². The van der Waals surface area contributed by atoms with Crippen LogP contribution in [0.5, 0.6) is 0 Å². The Hall–Kier alpha value is -3.04. The summed E-state index contributed by atoms with van der Waals surface area (Å²) in [6.07, 6.45) is 1.63. The first-order valence-electron chi connectivity index (χ1n) is 10.1. The molecule has 2 amide bonds. The maximum Gasteiger partial charge on any atom is 0.330 e. The average molecular weight is 443 g/mol. The molecular formula is C21H27ClN8O. The minimum absolute atomic E-state index is 0.122. The fraction of sp³-hybridized carbons (Fsp3) is 0.381. The van der Waals surface area contributed by atoms with Crippen LogP contribution >= 0.6 is 11.6 Å². The second-order valence-electron chi connectivity index (χ2n) is 7.75. The Labute approximate surface area is 187 Å². The number of piperazine rings is 1. The van der Waals surface area contributed by atoms with E-state index in [1.54, 1.807) is 30.1 Å². The van der Waals surface area contributed by atoms with Crippen molar-refractivity contribution >= 4 is 40.8 Å². The molecule has 10 heteroatoms. The predicted octanol–water partition coefficient (Wildman–Crippen LogP) is 2.69. The number of urea groups is 1. The molecule has 1 aromatic carbocycles. The van der Waals surface area contributed by atoms with Crippen LogP contribution in [-0.4, -0.2) is 73.1 Å². The topological polar surface area (TPSA) is 79.9 Å².